The Kier molecular flexibility index (Phi) is 3.25. The highest BCUT2D eigenvalue weighted by Crippen LogP contribution is 2.15. The number of nitrogens with one attached hydrogen (secondary N) is 2. The van der Waals surface area contributed by atoms with E-state index < -0.39 is 0 Å². The summed E-state index contributed by atoms with van der Waals surface area (Å²) in [4.78, 5) is 8.21. The van der Waals surface area contributed by atoms with Crippen molar-refractivity contribution in [1.29, 1.82) is 0 Å². The molecule has 2 aromatic rings. The lowest BCUT2D eigenvalue weighted by molar-refractivity contribution is 0.355. The number of rotatable bonds is 5. The van der Waals surface area contributed by atoms with Crippen molar-refractivity contribution in [2.45, 2.75) is 19.8 Å². The molecule has 0 spiro atoms. The van der Waals surface area contributed by atoms with Gasteiger partial charge in [-0.2, -0.15) is 10.1 Å². The zero-order chi connectivity index (χ0) is 11.4. The molecular formula is C9H14N6O. The van der Waals surface area contributed by atoms with E-state index in [0.717, 1.165) is 13.1 Å². The number of hydrogen-bond acceptors (Lipinski definition) is 6. The normalized spacial score (nSPS) is 12.9. The summed E-state index contributed by atoms with van der Waals surface area (Å²) >= 11 is 0. The molecule has 2 N–H and O–H groups in total. The molecular weight excluding hydrogens is 208 g/mol. The lowest BCUT2D eigenvalue weighted by atomic mass is 10.2. The molecule has 1 unspecified atom stereocenters. The molecule has 86 valence electrons. The molecule has 0 bridgehead atoms. The largest absolute Gasteiger partial charge is 0.339 e. The van der Waals surface area contributed by atoms with Gasteiger partial charge in [0.2, 0.25) is 11.7 Å². The summed E-state index contributed by atoms with van der Waals surface area (Å²) in [5, 5.41) is 13.5. The van der Waals surface area contributed by atoms with Crippen molar-refractivity contribution in [1.82, 2.24) is 30.6 Å². The Balaban J connectivity index is 2.07. The Labute approximate surface area is 92.7 Å². The van der Waals surface area contributed by atoms with E-state index in [2.05, 4.69) is 37.6 Å². The first kappa shape index (κ1) is 10.7. The fraction of sp³-hybridized carbons (Fsp3) is 0.556. The van der Waals surface area contributed by atoms with Gasteiger partial charge >= 0.3 is 0 Å². The van der Waals surface area contributed by atoms with Crippen molar-refractivity contribution >= 4 is 0 Å². The van der Waals surface area contributed by atoms with Gasteiger partial charge in [-0.25, -0.2) is 4.98 Å². The van der Waals surface area contributed by atoms with Crippen LogP contribution in [0.2, 0.25) is 0 Å². The van der Waals surface area contributed by atoms with Crippen LogP contribution in [0, 0.1) is 0 Å². The number of H-pyrrole nitrogens is 1. The van der Waals surface area contributed by atoms with E-state index in [0.29, 0.717) is 17.5 Å². The van der Waals surface area contributed by atoms with Gasteiger partial charge in [-0.05, 0) is 6.54 Å². The quantitative estimate of drug-likeness (QED) is 0.768. The minimum Gasteiger partial charge on any atom is -0.339 e. The van der Waals surface area contributed by atoms with Gasteiger partial charge in [-0.3, -0.25) is 5.10 Å². The van der Waals surface area contributed by atoms with E-state index in [9.17, 15) is 0 Å². The van der Waals surface area contributed by atoms with Crippen LogP contribution in [0.25, 0.3) is 11.6 Å². The molecule has 0 aliphatic carbocycles. The maximum Gasteiger partial charge on any atom is 0.239 e. The molecule has 2 aromatic heterocycles. The number of likely N-dealkylation sites (N-methyl/N-ethyl adjacent to an activating group) is 1. The van der Waals surface area contributed by atoms with Crippen LogP contribution in [-0.2, 0) is 0 Å². The van der Waals surface area contributed by atoms with E-state index in [1.807, 2.05) is 6.92 Å². The maximum atomic E-state index is 5.16. The molecule has 0 saturated heterocycles. The molecule has 7 nitrogen and oxygen atoms in total. The third-order valence-corrected chi connectivity index (χ3v) is 2.19. The highest BCUT2D eigenvalue weighted by atomic mass is 16.5. The highest BCUT2D eigenvalue weighted by molar-refractivity contribution is 5.39. The Bertz CT molecular complexity index is 423. The molecule has 2 rings (SSSR count). The van der Waals surface area contributed by atoms with Crippen LogP contribution < -0.4 is 5.32 Å². The lowest BCUT2D eigenvalue weighted by Gasteiger charge is -2.05. The zero-order valence-corrected chi connectivity index (χ0v) is 9.27. The molecule has 16 heavy (non-hydrogen) atoms. The van der Waals surface area contributed by atoms with Crippen LogP contribution in [0.3, 0.4) is 0 Å². The van der Waals surface area contributed by atoms with Crippen LogP contribution in [0.5, 0.6) is 0 Å². The van der Waals surface area contributed by atoms with Gasteiger partial charge in [-0.15, -0.1) is 0 Å². The first-order valence-corrected chi connectivity index (χ1v) is 5.21. The fourth-order valence-electron chi connectivity index (χ4n) is 1.29. The number of nitrogens with zero attached hydrogens (tertiary/aromatic N) is 4. The highest BCUT2D eigenvalue weighted by Gasteiger charge is 2.15. The summed E-state index contributed by atoms with van der Waals surface area (Å²) in [6.45, 7) is 5.82. The second-order valence-electron chi connectivity index (χ2n) is 3.50. The van der Waals surface area contributed by atoms with Crippen molar-refractivity contribution in [2.75, 3.05) is 13.1 Å². The summed E-state index contributed by atoms with van der Waals surface area (Å²) in [5.74, 6) is 1.75. The van der Waals surface area contributed by atoms with E-state index in [1.165, 1.54) is 6.33 Å². The molecule has 0 fully saturated rings. The molecule has 0 amide bonds. The first-order chi connectivity index (χ1) is 7.81. The molecule has 0 aromatic carbocycles. The average Bonchev–Trinajstić information content (AvgIpc) is 2.94. The summed E-state index contributed by atoms with van der Waals surface area (Å²) in [5.41, 5.74) is 0. The SMILES string of the molecule is CCNCC(C)c1nc(-c2ncn[nH]2)no1. The topological polar surface area (TPSA) is 92.5 Å². The molecule has 7 heteroatoms. The lowest BCUT2D eigenvalue weighted by Crippen LogP contribution is -2.19. The predicted octanol–water partition coefficient (Wildman–Crippen LogP) is 0.568. The van der Waals surface area contributed by atoms with Gasteiger partial charge in [0.15, 0.2) is 5.82 Å². The minimum atomic E-state index is 0.184. The van der Waals surface area contributed by atoms with Gasteiger partial charge in [-0.1, -0.05) is 19.0 Å². The smallest absolute Gasteiger partial charge is 0.239 e. The third-order valence-electron chi connectivity index (χ3n) is 2.19. The van der Waals surface area contributed by atoms with E-state index in [4.69, 9.17) is 4.52 Å². The van der Waals surface area contributed by atoms with Gasteiger partial charge in [0.25, 0.3) is 0 Å². The second kappa shape index (κ2) is 4.84. The average molecular weight is 222 g/mol. The number of aromatic amines is 1. The Morgan fingerprint density at radius 2 is 2.44 bits per heavy atom. The molecule has 1 atom stereocenters. The van der Waals surface area contributed by atoms with Gasteiger partial charge in [0.1, 0.15) is 6.33 Å². The number of aromatic nitrogens is 5. The molecule has 0 saturated carbocycles. The van der Waals surface area contributed by atoms with Crippen LogP contribution in [0.15, 0.2) is 10.9 Å². The monoisotopic (exact) mass is 222 g/mol. The van der Waals surface area contributed by atoms with E-state index in [1.54, 1.807) is 0 Å². The van der Waals surface area contributed by atoms with Gasteiger partial charge in [0, 0.05) is 12.5 Å². The fourth-order valence-corrected chi connectivity index (χ4v) is 1.29. The standard InChI is InChI=1S/C9H14N6O/c1-3-10-4-6(2)9-13-8(15-16-9)7-11-5-12-14-7/h5-6,10H,3-4H2,1-2H3,(H,11,12,14). The van der Waals surface area contributed by atoms with Crippen LogP contribution in [0.1, 0.15) is 25.7 Å². The van der Waals surface area contributed by atoms with Crippen molar-refractivity contribution in [2.24, 2.45) is 0 Å². The van der Waals surface area contributed by atoms with Crippen LogP contribution in [-0.4, -0.2) is 38.4 Å². The van der Waals surface area contributed by atoms with Crippen molar-refractivity contribution < 1.29 is 4.52 Å². The Morgan fingerprint density at radius 3 is 3.12 bits per heavy atom. The Morgan fingerprint density at radius 1 is 1.56 bits per heavy atom. The third kappa shape index (κ3) is 2.25. The molecule has 0 aliphatic rings. The van der Waals surface area contributed by atoms with E-state index >= 15 is 0 Å². The summed E-state index contributed by atoms with van der Waals surface area (Å²) in [6.07, 6.45) is 1.41. The van der Waals surface area contributed by atoms with Crippen LogP contribution >= 0.6 is 0 Å². The summed E-state index contributed by atoms with van der Waals surface area (Å²) in [7, 11) is 0. The molecule has 0 aliphatic heterocycles. The predicted molar refractivity (Wildman–Crippen MR) is 56.6 cm³/mol. The zero-order valence-electron chi connectivity index (χ0n) is 9.27. The Hall–Kier alpha value is -1.76. The van der Waals surface area contributed by atoms with Crippen molar-refractivity contribution in [3.8, 4) is 11.6 Å². The van der Waals surface area contributed by atoms with Crippen molar-refractivity contribution in [3.63, 3.8) is 0 Å². The summed E-state index contributed by atoms with van der Waals surface area (Å²) < 4.78 is 5.16. The second-order valence-corrected chi connectivity index (χ2v) is 3.50. The van der Waals surface area contributed by atoms with Crippen LogP contribution in [0.4, 0.5) is 0 Å². The molecule has 2 heterocycles. The maximum absolute atomic E-state index is 5.16. The van der Waals surface area contributed by atoms with Crippen molar-refractivity contribution in [3.05, 3.63) is 12.2 Å². The molecule has 0 radical (unpaired) electrons. The van der Waals surface area contributed by atoms with Gasteiger partial charge < -0.3 is 9.84 Å². The van der Waals surface area contributed by atoms with E-state index in [-0.39, 0.29) is 5.92 Å². The number of hydrogen-bond donors (Lipinski definition) is 2. The summed E-state index contributed by atoms with van der Waals surface area (Å²) in [6, 6.07) is 0. The minimum absolute atomic E-state index is 0.184. The van der Waals surface area contributed by atoms with Gasteiger partial charge in [0.05, 0.1) is 0 Å². The first-order valence-electron chi connectivity index (χ1n) is 5.21.